The van der Waals surface area contributed by atoms with Gasteiger partial charge in [-0.15, -0.1) is 0 Å². The summed E-state index contributed by atoms with van der Waals surface area (Å²) in [7, 11) is 0. The number of rotatable bonds is 5. The van der Waals surface area contributed by atoms with Crippen LogP contribution in [0.5, 0.6) is 5.75 Å². The van der Waals surface area contributed by atoms with E-state index < -0.39 is 0 Å². The summed E-state index contributed by atoms with van der Waals surface area (Å²) in [5.41, 5.74) is 7.43. The first kappa shape index (κ1) is 15.3. The van der Waals surface area contributed by atoms with Crippen LogP contribution in [0.2, 0.25) is 0 Å². The Bertz CT molecular complexity index is 655. The lowest BCUT2D eigenvalue weighted by Crippen LogP contribution is -2.37. The van der Waals surface area contributed by atoms with Crippen molar-refractivity contribution in [3.8, 4) is 5.75 Å². The number of nitrogens with two attached hydrogens (primary N) is 1. The zero-order chi connectivity index (χ0) is 15.5. The fraction of sp³-hybridized carbons (Fsp3) is 0.353. The third kappa shape index (κ3) is 4.20. The Kier molecular flexibility index (Phi) is 4.48. The van der Waals surface area contributed by atoms with Crippen LogP contribution in [-0.2, 0) is 13.2 Å². The Balaban J connectivity index is 2.22. The van der Waals surface area contributed by atoms with Gasteiger partial charge in [0.25, 0.3) is 0 Å². The largest absolute Gasteiger partial charge is 0.483 e. The number of pyridine rings is 1. The minimum absolute atomic E-state index is 0.102. The summed E-state index contributed by atoms with van der Waals surface area (Å²) in [5.74, 6) is 0.394. The third-order valence-electron chi connectivity index (χ3n) is 3.19. The fourth-order valence-corrected chi connectivity index (χ4v) is 2.17. The molecule has 0 fully saturated rings. The maximum Gasteiger partial charge on any atom is 0.223 e. The van der Waals surface area contributed by atoms with E-state index in [4.69, 9.17) is 10.5 Å². The molecular formula is C17H22N2O2. The number of benzene rings is 1. The fourth-order valence-electron chi connectivity index (χ4n) is 2.17. The molecule has 0 aliphatic heterocycles. The van der Waals surface area contributed by atoms with Gasteiger partial charge >= 0.3 is 0 Å². The molecule has 4 heteroatoms. The molecule has 0 unspecified atom stereocenters. The number of hydrogen-bond donors (Lipinski definition) is 1. The highest BCUT2D eigenvalue weighted by Gasteiger charge is 2.15. The molecule has 0 atom stereocenters. The van der Waals surface area contributed by atoms with Gasteiger partial charge in [0.2, 0.25) is 5.43 Å². The van der Waals surface area contributed by atoms with Crippen LogP contribution in [0.15, 0.2) is 47.4 Å². The number of aromatic nitrogens is 1. The zero-order valence-corrected chi connectivity index (χ0v) is 12.8. The Morgan fingerprint density at radius 2 is 1.86 bits per heavy atom. The van der Waals surface area contributed by atoms with Crippen LogP contribution in [0.4, 0.5) is 0 Å². The van der Waals surface area contributed by atoms with E-state index in [1.165, 1.54) is 6.07 Å². The molecule has 1 heterocycles. The molecule has 0 bridgehead atoms. The highest BCUT2D eigenvalue weighted by atomic mass is 16.5. The van der Waals surface area contributed by atoms with Crippen molar-refractivity contribution < 1.29 is 4.74 Å². The van der Waals surface area contributed by atoms with Crippen molar-refractivity contribution in [2.45, 2.75) is 39.5 Å². The molecule has 1 aromatic heterocycles. The minimum atomic E-state index is -0.351. The van der Waals surface area contributed by atoms with Crippen molar-refractivity contribution in [3.63, 3.8) is 0 Å². The average Bonchev–Trinajstić information content (AvgIpc) is 2.42. The first-order valence-electron chi connectivity index (χ1n) is 7.02. The summed E-state index contributed by atoms with van der Waals surface area (Å²) in [6.07, 6.45) is 1.77. The van der Waals surface area contributed by atoms with Gasteiger partial charge in [0.1, 0.15) is 6.61 Å². The van der Waals surface area contributed by atoms with E-state index in [-0.39, 0.29) is 11.0 Å². The van der Waals surface area contributed by atoms with Gasteiger partial charge in [-0.05, 0) is 26.3 Å². The molecule has 2 rings (SSSR count). The lowest BCUT2D eigenvalue weighted by Gasteiger charge is -2.23. The SMILES string of the molecule is Cc1c(OCc2ccccc2)c(=O)ccn1CC(C)(C)N. The second-order valence-corrected chi connectivity index (χ2v) is 5.99. The van der Waals surface area contributed by atoms with Crippen molar-refractivity contribution in [1.82, 2.24) is 4.57 Å². The molecule has 0 spiro atoms. The van der Waals surface area contributed by atoms with Crippen molar-refractivity contribution >= 4 is 0 Å². The van der Waals surface area contributed by atoms with Crippen molar-refractivity contribution in [3.05, 3.63) is 64.1 Å². The quantitative estimate of drug-likeness (QED) is 0.918. The normalized spacial score (nSPS) is 11.4. The summed E-state index contributed by atoms with van der Waals surface area (Å²) in [4.78, 5) is 12.0. The Hall–Kier alpha value is -2.07. The first-order chi connectivity index (χ1) is 9.87. The van der Waals surface area contributed by atoms with Gasteiger partial charge in [-0.25, -0.2) is 0 Å². The number of ether oxygens (including phenoxy) is 1. The number of nitrogens with zero attached hydrogens (tertiary/aromatic N) is 1. The van der Waals surface area contributed by atoms with Crippen molar-refractivity contribution in [1.29, 1.82) is 0 Å². The number of hydrogen-bond acceptors (Lipinski definition) is 3. The molecule has 0 aliphatic carbocycles. The molecule has 0 radical (unpaired) electrons. The standard InChI is InChI=1S/C17H22N2O2/c1-13-16(21-11-14-7-5-4-6-8-14)15(20)9-10-19(13)12-17(2,3)18/h4-10H,11-12,18H2,1-3H3. The summed E-state index contributed by atoms with van der Waals surface area (Å²) in [6, 6.07) is 11.3. The lowest BCUT2D eigenvalue weighted by atomic mass is 10.1. The third-order valence-corrected chi connectivity index (χ3v) is 3.19. The predicted octanol–water partition coefficient (Wildman–Crippen LogP) is 2.47. The van der Waals surface area contributed by atoms with Gasteiger partial charge in [0.15, 0.2) is 5.75 Å². The molecule has 0 saturated heterocycles. The van der Waals surface area contributed by atoms with Crippen LogP contribution in [0.3, 0.4) is 0 Å². The molecule has 2 N–H and O–H groups in total. The van der Waals surface area contributed by atoms with E-state index in [1.807, 2.05) is 55.7 Å². The van der Waals surface area contributed by atoms with Crippen LogP contribution >= 0.6 is 0 Å². The van der Waals surface area contributed by atoms with Gasteiger partial charge in [0.05, 0.1) is 5.69 Å². The summed E-state index contributed by atoms with van der Waals surface area (Å²) >= 11 is 0. The average molecular weight is 286 g/mol. The van der Waals surface area contributed by atoms with Crippen LogP contribution in [0.1, 0.15) is 25.1 Å². The second-order valence-electron chi connectivity index (χ2n) is 5.99. The molecule has 21 heavy (non-hydrogen) atoms. The van der Waals surface area contributed by atoms with E-state index in [9.17, 15) is 4.79 Å². The van der Waals surface area contributed by atoms with Gasteiger partial charge < -0.3 is 15.0 Å². The maximum absolute atomic E-state index is 12.0. The van der Waals surface area contributed by atoms with Crippen LogP contribution < -0.4 is 15.9 Å². The van der Waals surface area contributed by atoms with Gasteiger partial charge in [-0.2, -0.15) is 0 Å². The van der Waals surface area contributed by atoms with E-state index >= 15 is 0 Å². The Morgan fingerprint density at radius 1 is 1.19 bits per heavy atom. The molecule has 2 aromatic rings. The lowest BCUT2D eigenvalue weighted by molar-refractivity contribution is 0.295. The van der Waals surface area contributed by atoms with Crippen molar-refractivity contribution in [2.75, 3.05) is 0 Å². The summed E-state index contributed by atoms with van der Waals surface area (Å²) < 4.78 is 7.69. The van der Waals surface area contributed by atoms with Gasteiger partial charge in [-0.1, -0.05) is 30.3 Å². The molecule has 0 amide bonds. The zero-order valence-electron chi connectivity index (χ0n) is 12.8. The summed E-state index contributed by atoms with van der Waals surface area (Å²) in [5, 5.41) is 0. The molecule has 0 aliphatic rings. The van der Waals surface area contributed by atoms with E-state index in [0.29, 0.717) is 18.9 Å². The summed E-state index contributed by atoms with van der Waals surface area (Å²) in [6.45, 7) is 6.80. The Morgan fingerprint density at radius 3 is 2.48 bits per heavy atom. The second kappa shape index (κ2) is 6.14. The topological polar surface area (TPSA) is 57.2 Å². The molecule has 4 nitrogen and oxygen atoms in total. The smallest absolute Gasteiger partial charge is 0.223 e. The van der Waals surface area contributed by atoms with Crippen molar-refractivity contribution in [2.24, 2.45) is 5.73 Å². The first-order valence-corrected chi connectivity index (χ1v) is 7.02. The van der Waals surface area contributed by atoms with Crippen LogP contribution in [0.25, 0.3) is 0 Å². The van der Waals surface area contributed by atoms with Crippen LogP contribution in [-0.4, -0.2) is 10.1 Å². The monoisotopic (exact) mass is 286 g/mol. The van der Waals surface area contributed by atoms with E-state index in [2.05, 4.69) is 0 Å². The van der Waals surface area contributed by atoms with Gasteiger partial charge in [-0.3, -0.25) is 4.79 Å². The molecule has 0 saturated carbocycles. The van der Waals surface area contributed by atoms with Gasteiger partial charge in [0, 0.05) is 24.3 Å². The van der Waals surface area contributed by atoms with E-state index in [1.54, 1.807) is 6.20 Å². The predicted molar refractivity (Wildman–Crippen MR) is 84.5 cm³/mol. The Labute approximate surface area is 125 Å². The molecule has 112 valence electrons. The maximum atomic E-state index is 12.0. The highest BCUT2D eigenvalue weighted by molar-refractivity contribution is 5.28. The molecule has 1 aromatic carbocycles. The van der Waals surface area contributed by atoms with Crippen LogP contribution in [0, 0.1) is 6.92 Å². The minimum Gasteiger partial charge on any atom is -0.483 e. The molecular weight excluding hydrogens is 264 g/mol. The van der Waals surface area contributed by atoms with E-state index in [0.717, 1.165) is 11.3 Å². The highest BCUT2D eigenvalue weighted by Crippen LogP contribution is 2.15.